The van der Waals surface area contributed by atoms with Gasteiger partial charge in [0.1, 0.15) is 11.6 Å². The Morgan fingerprint density at radius 3 is 2.67 bits per heavy atom. The number of aromatic hydroxyl groups is 1. The lowest BCUT2D eigenvalue weighted by atomic mass is 10.2. The second-order valence-electron chi connectivity index (χ2n) is 5.35. The summed E-state index contributed by atoms with van der Waals surface area (Å²) in [4.78, 5) is 11.4. The quantitative estimate of drug-likeness (QED) is 0.938. The molecule has 4 nitrogen and oxygen atoms in total. The minimum Gasteiger partial charge on any atom is -0.508 e. The number of rotatable bonds is 3. The maximum absolute atomic E-state index is 9.47. The average Bonchev–Trinajstić information content (AvgIpc) is 2.99. The van der Waals surface area contributed by atoms with Crippen molar-refractivity contribution in [2.45, 2.75) is 19.8 Å². The summed E-state index contributed by atoms with van der Waals surface area (Å²) in [5.41, 5.74) is 1.91. The smallest absolute Gasteiger partial charge is 0.154 e. The van der Waals surface area contributed by atoms with Crippen LogP contribution >= 0.6 is 0 Å². The molecule has 0 amide bonds. The average molecular weight is 281 g/mol. The van der Waals surface area contributed by atoms with E-state index in [9.17, 15) is 5.11 Å². The van der Waals surface area contributed by atoms with Crippen LogP contribution in [0.3, 0.4) is 0 Å². The third kappa shape index (κ3) is 3.40. The molecule has 1 N–H and O–H groups in total. The first-order valence-corrected chi connectivity index (χ1v) is 7.28. The lowest BCUT2D eigenvalue weighted by molar-refractivity contribution is 0.475. The normalized spacial score (nSPS) is 15.0. The monoisotopic (exact) mass is 281 g/mol. The topological polar surface area (TPSA) is 49.2 Å². The van der Waals surface area contributed by atoms with E-state index in [0.717, 1.165) is 30.2 Å². The van der Waals surface area contributed by atoms with Gasteiger partial charge < -0.3 is 10.0 Å². The summed E-state index contributed by atoms with van der Waals surface area (Å²) in [6, 6.07) is 9.17. The molecule has 108 valence electrons. The summed E-state index contributed by atoms with van der Waals surface area (Å²) in [6.07, 6.45) is 6.28. The molecule has 0 radical (unpaired) electrons. The van der Waals surface area contributed by atoms with Crippen LogP contribution in [0.4, 0.5) is 5.82 Å². The molecule has 4 heteroatoms. The van der Waals surface area contributed by atoms with Crippen LogP contribution in [-0.4, -0.2) is 28.2 Å². The summed E-state index contributed by atoms with van der Waals surface area (Å²) in [6.45, 7) is 4.14. The van der Waals surface area contributed by atoms with Crippen molar-refractivity contribution in [3.05, 3.63) is 47.4 Å². The van der Waals surface area contributed by atoms with Crippen molar-refractivity contribution in [1.82, 2.24) is 9.97 Å². The Labute approximate surface area is 124 Å². The van der Waals surface area contributed by atoms with Gasteiger partial charge in [0, 0.05) is 24.8 Å². The predicted molar refractivity (Wildman–Crippen MR) is 85.3 cm³/mol. The standard InChI is InChI=1S/C17H19N3O/c1-13-11-17(20-9-2-3-10-20)19-16(18-13)8-7-14-5-4-6-15(21)12-14/h4-8,11-12,21H,2-3,9-10H2,1H3. The highest BCUT2D eigenvalue weighted by Gasteiger charge is 2.14. The molecular weight excluding hydrogens is 262 g/mol. The fourth-order valence-electron chi connectivity index (χ4n) is 2.56. The van der Waals surface area contributed by atoms with Crippen LogP contribution in [0.25, 0.3) is 12.2 Å². The van der Waals surface area contributed by atoms with Crippen LogP contribution in [-0.2, 0) is 0 Å². The first-order valence-electron chi connectivity index (χ1n) is 7.28. The summed E-state index contributed by atoms with van der Waals surface area (Å²) in [7, 11) is 0. The molecule has 0 unspecified atom stereocenters. The molecule has 21 heavy (non-hydrogen) atoms. The van der Waals surface area contributed by atoms with E-state index in [2.05, 4.69) is 14.9 Å². The second-order valence-corrected chi connectivity index (χ2v) is 5.35. The molecule has 1 aliphatic heterocycles. The molecule has 0 aliphatic carbocycles. The van der Waals surface area contributed by atoms with Crippen LogP contribution < -0.4 is 4.90 Å². The van der Waals surface area contributed by atoms with Gasteiger partial charge in [0.25, 0.3) is 0 Å². The van der Waals surface area contributed by atoms with Crippen LogP contribution in [0, 0.1) is 6.92 Å². The van der Waals surface area contributed by atoms with Gasteiger partial charge in [-0.15, -0.1) is 0 Å². The number of benzene rings is 1. The molecule has 0 bridgehead atoms. The highest BCUT2D eigenvalue weighted by molar-refractivity contribution is 5.67. The van der Waals surface area contributed by atoms with Crippen LogP contribution in [0.15, 0.2) is 30.3 Å². The summed E-state index contributed by atoms with van der Waals surface area (Å²) >= 11 is 0. The molecule has 0 spiro atoms. The largest absolute Gasteiger partial charge is 0.508 e. The highest BCUT2D eigenvalue weighted by Crippen LogP contribution is 2.19. The number of nitrogens with zero attached hydrogens (tertiary/aromatic N) is 3. The first-order chi connectivity index (χ1) is 10.2. The number of aryl methyl sites for hydroxylation is 1. The van der Waals surface area contributed by atoms with E-state index in [1.54, 1.807) is 12.1 Å². The Balaban J connectivity index is 1.84. The van der Waals surface area contributed by atoms with Gasteiger partial charge in [-0.25, -0.2) is 9.97 Å². The van der Waals surface area contributed by atoms with Crippen molar-refractivity contribution >= 4 is 18.0 Å². The Morgan fingerprint density at radius 1 is 1.10 bits per heavy atom. The van der Waals surface area contributed by atoms with Gasteiger partial charge >= 0.3 is 0 Å². The molecule has 3 rings (SSSR count). The zero-order chi connectivity index (χ0) is 14.7. The van der Waals surface area contributed by atoms with E-state index in [1.165, 1.54) is 12.8 Å². The van der Waals surface area contributed by atoms with Gasteiger partial charge in [0.2, 0.25) is 0 Å². The highest BCUT2D eigenvalue weighted by atomic mass is 16.3. The molecule has 1 saturated heterocycles. The van der Waals surface area contributed by atoms with E-state index in [0.29, 0.717) is 5.82 Å². The number of phenolic OH excluding ortho intramolecular Hbond substituents is 1. The summed E-state index contributed by atoms with van der Waals surface area (Å²) in [5.74, 6) is 1.98. The fraction of sp³-hybridized carbons (Fsp3) is 0.294. The molecule has 0 saturated carbocycles. The Bertz CT molecular complexity index is 661. The Hall–Kier alpha value is -2.36. The third-order valence-corrected chi connectivity index (χ3v) is 3.58. The van der Waals surface area contributed by atoms with Crippen LogP contribution in [0.2, 0.25) is 0 Å². The fourth-order valence-corrected chi connectivity index (χ4v) is 2.56. The molecule has 2 aromatic rings. The SMILES string of the molecule is Cc1cc(N2CCCC2)nc(C=Cc2cccc(O)c2)n1. The summed E-state index contributed by atoms with van der Waals surface area (Å²) in [5, 5.41) is 9.47. The predicted octanol–water partition coefficient (Wildman–Crippen LogP) is 3.26. The molecule has 0 atom stereocenters. The van der Waals surface area contributed by atoms with Crippen molar-refractivity contribution in [3.63, 3.8) is 0 Å². The van der Waals surface area contributed by atoms with E-state index < -0.39 is 0 Å². The van der Waals surface area contributed by atoms with Crippen molar-refractivity contribution in [3.8, 4) is 5.75 Å². The molecule has 2 heterocycles. The Morgan fingerprint density at radius 2 is 1.90 bits per heavy atom. The second kappa shape index (κ2) is 5.95. The van der Waals surface area contributed by atoms with Gasteiger partial charge in [-0.2, -0.15) is 0 Å². The van der Waals surface area contributed by atoms with Crippen molar-refractivity contribution in [2.24, 2.45) is 0 Å². The van der Waals surface area contributed by atoms with Gasteiger partial charge in [-0.3, -0.25) is 0 Å². The Kier molecular flexibility index (Phi) is 3.86. The van der Waals surface area contributed by atoms with E-state index in [-0.39, 0.29) is 5.75 Å². The molecule has 1 fully saturated rings. The minimum absolute atomic E-state index is 0.264. The van der Waals surface area contributed by atoms with Crippen molar-refractivity contribution in [2.75, 3.05) is 18.0 Å². The molecule has 1 aromatic carbocycles. The van der Waals surface area contributed by atoms with E-state index >= 15 is 0 Å². The molecular formula is C17H19N3O. The number of anilines is 1. The van der Waals surface area contributed by atoms with Crippen LogP contribution in [0.1, 0.15) is 29.9 Å². The maximum Gasteiger partial charge on any atom is 0.154 e. The van der Waals surface area contributed by atoms with Crippen LogP contribution in [0.5, 0.6) is 5.75 Å². The zero-order valence-electron chi connectivity index (χ0n) is 12.2. The molecule has 1 aromatic heterocycles. The summed E-state index contributed by atoms with van der Waals surface area (Å²) < 4.78 is 0. The van der Waals surface area contributed by atoms with E-state index in [4.69, 9.17) is 0 Å². The third-order valence-electron chi connectivity index (χ3n) is 3.58. The number of aromatic nitrogens is 2. The number of hydrogen-bond donors (Lipinski definition) is 1. The van der Waals surface area contributed by atoms with Gasteiger partial charge in [-0.05, 0) is 43.5 Å². The van der Waals surface area contributed by atoms with E-state index in [1.807, 2.05) is 37.3 Å². The maximum atomic E-state index is 9.47. The molecule has 1 aliphatic rings. The van der Waals surface area contributed by atoms with Gasteiger partial charge in [0.15, 0.2) is 5.82 Å². The van der Waals surface area contributed by atoms with Gasteiger partial charge in [0.05, 0.1) is 0 Å². The van der Waals surface area contributed by atoms with Crippen molar-refractivity contribution < 1.29 is 5.11 Å². The zero-order valence-corrected chi connectivity index (χ0v) is 12.2. The number of phenols is 1. The number of hydrogen-bond acceptors (Lipinski definition) is 4. The first kappa shape index (κ1) is 13.6. The minimum atomic E-state index is 0.264. The lowest BCUT2D eigenvalue weighted by Gasteiger charge is -2.16. The lowest BCUT2D eigenvalue weighted by Crippen LogP contribution is -2.19. The van der Waals surface area contributed by atoms with Gasteiger partial charge in [-0.1, -0.05) is 18.2 Å². The van der Waals surface area contributed by atoms with Crippen molar-refractivity contribution in [1.29, 1.82) is 0 Å².